The topological polar surface area (TPSA) is 73.1 Å². The third-order valence-corrected chi connectivity index (χ3v) is 2.12. The van der Waals surface area contributed by atoms with Gasteiger partial charge in [0, 0.05) is 0 Å². The van der Waals surface area contributed by atoms with Crippen molar-refractivity contribution in [2.24, 2.45) is 5.84 Å². The highest BCUT2D eigenvalue weighted by atomic mass is 19.3. The van der Waals surface area contributed by atoms with Crippen LogP contribution in [0.15, 0.2) is 6.33 Å². The van der Waals surface area contributed by atoms with Crippen molar-refractivity contribution < 1.29 is 22.3 Å². The summed E-state index contributed by atoms with van der Waals surface area (Å²) in [4.78, 5) is 7.36. The lowest BCUT2D eigenvalue weighted by Gasteiger charge is -2.17. The van der Waals surface area contributed by atoms with Gasteiger partial charge in [0.25, 0.3) is 0 Å². The summed E-state index contributed by atoms with van der Waals surface area (Å²) in [5, 5.41) is 0. The van der Waals surface area contributed by atoms with Gasteiger partial charge in [-0.15, -0.1) is 0 Å². The van der Waals surface area contributed by atoms with E-state index in [1.165, 1.54) is 0 Å². The molecule has 0 aliphatic carbocycles. The maximum Gasteiger partial charge on any atom is 0.340 e. The van der Waals surface area contributed by atoms with Crippen LogP contribution in [0.5, 0.6) is 5.88 Å². The summed E-state index contributed by atoms with van der Waals surface area (Å²) >= 11 is 0. The molecule has 18 heavy (non-hydrogen) atoms. The minimum atomic E-state index is -4.23. The second-order valence-electron chi connectivity index (χ2n) is 3.35. The normalized spacial score (nSPS) is 11.7. The molecule has 0 saturated carbocycles. The van der Waals surface area contributed by atoms with Crippen LogP contribution in [0.1, 0.15) is 12.5 Å². The van der Waals surface area contributed by atoms with E-state index in [-0.39, 0.29) is 11.7 Å². The number of alkyl halides is 4. The number of ether oxygens (including phenoxy) is 1. The second kappa shape index (κ2) is 5.80. The fraction of sp³-hybridized carbons (Fsp3) is 0.556. The number of rotatable bonds is 6. The molecule has 0 aliphatic rings. The lowest BCUT2D eigenvalue weighted by Crippen LogP contribution is -2.34. The van der Waals surface area contributed by atoms with Crippen LogP contribution in [-0.4, -0.2) is 28.9 Å². The zero-order chi connectivity index (χ0) is 13.8. The molecule has 1 aromatic rings. The molecular formula is C9H12F4N4O. The Morgan fingerprint density at radius 3 is 2.61 bits per heavy atom. The van der Waals surface area contributed by atoms with Gasteiger partial charge in [-0.1, -0.05) is 6.92 Å². The van der Waals surface area contributed by atoms with E-state index >= 15 is 0 Å². The molecule has 102 valence electrons. The number of hydrazine groups is 1. The first-order valence-electron chi connectivity index (χ1n) is 5.01. The summed E-state index contributed by atoms with van der Waals surface area (Å²) in [6.45, 7) is 0.232. The lowest BCUT2D eigenvalue weighted by molar-refractivity contribution is -0.148. The summed E-state index contributed by atoms with van der Waals surface area (Å²) in [5.41, 5.74) is 2.58. The molecule has 1 rings (SSSR count). The van der Waals surface area contributed by atoms with Crippen molar-refractivity contribution in [3.8, 4) is 5.88 Å². The molecule has 0 radical (unpaired) electrons. The third kappa shape index (κ3) is 3.19. The fourth-order valence-electron chi connectivity index (χ4n) is 1.19. The van der Waals surface area contributed by atoms with Crippen LogP contribution in [0, 0.1) is 0 Å². The SMILES string of the molecule is CCc1c(NN)ncnc1OCC(F)(F)C(F)F. The average molecular weight is 268 g/mol. The molecule has 0 atom stereocenters. The number of hydrogen-bond acceptors (Lipinski definition) is 5. The van der Waals surface area contributed by atoms with Gasteiger partial charge in [0.2, 0.25) is 5.88 Å². The van der Waals surface area contributed by atoms with Crippen molar-refractivity contribution in [3.05, 3.63) is 11.9 Å². The van der Waals surface area contributed by atoms with E-state index in [2.05, 4.69) is 20.1 Å². The van der Waals surface area contributed by atoms with E-state index in [0.29, 0.717) is 12.0 Å². The molecule has 0 amide bonds. The van der Waals surface area contributed by atoms with Crippen molar-refractivity contribution in [1.82, 2.24) is 9.97 Å². The van der Waals surface area contributed by atoms with Crippen LogP contribution < -0.4 is 16.0 Å². The number of hydrogen-bond donors (Lipinski definition) is 2. The number of nitrogen functional groups attached to an aromatic ring is 1. The van der Waals surface area contributed by atoms with E-state index < -0.39 is 19.0 Å². The van der Waals surface area contributed by atoms with Crippen LogP contribution >= 0.6 is 0 Å². The zero-order valence-corrected chi connectivity index (χ0v) is 9.46. The molecule has 0 aromatic carbocycles. The zero-order valence-electron chi connectivity index (χ0n) is 9.46. The fourth-order valence-corrected chi connectivity index (χ4v) is 1.19. The van der Waals surface area contributed by atoms with Gasteiger partial charge in [-0.3, -0.25) is 0 Å². The van der Waals surface area contributed by atoms with E-state index in [9.17, 15) is 17.6 Å². The number of nitrogens with zero attached hydrogens (tertiary/aromatic N) is 2. The molecule has 0 saturated heterocycles. The van der Waals surface area contributed by atoms with Gasteiger partial charge in [-0.2, -0.15) is 8.78 Å². The summed E-state index contributed by atoms with van der Waals surface area (Å²) in [5.74, 6) is 0.935. The van der Waals surface area contributed by atoms with E-state index in [1.807, 2.05) is 0 Å². The third-order valence-electron chi connectivity index (χ3n) is 2.12. The van der Waals surface area contributed by atoms with Crippen molar-refractivity contribution in [1.29, 1.82) is 0 Å². The molecule has 0 spiro atoms. The predicted molar refractivity (Wildman–Crippen MR) is 55.7 cm³/mol. The van der Waals surface area contributed by atoms with Crippen LogP contribution in [0.2, 0.25) is 0 Å². The van der Waals surface area contributed by atoms with Crippen LogP contribution in [0.4, 0.5) is 23.4 Å². The summed E-state index contributed by atoms with van der Waals surface area (Å²) in [7, 11) is 0. The lowest BCUT2D eigenvalue weighted by atomic mass is 10.2. The van der Waals surface area contributed by atoms with Gasteiger partial charge in [-0.05, 0) is 6.42 Å². The van der Waals surface area contributed by atoms with Gasteiger partial charge in [0.1, 0.15) is 12.1 Å². The molecule has 0 unspecified atom stereocenters. The highest BCUT2D eigenvalue weighted by Crippen LogP contribution is 2.26. The van der Waals surface area contributed by atoms with Gasteiger partial charge in [0.05, 0.1) is 5.56 Å². The Morgan fingerprint density at radius 2 is 2.11 bits per heavy atom. The maximum absolute atomic E-state index is 12.7. The molecule has 9 heteroatoms. The van der Waals surface area contributed by atoms with Crippen molar-refractivity contribution in [2.75, 3.05) is 12.0 Å². The Kier molecular flexibility index (Phi) is 4.65. The van der Waals surface area contributed by atoms with Crippen molar-refractivity contribution in [2.45, 2.75) is 25.7 Å². The number of aromatic nitrogens is 2. The summed E-state index contributed by atoms with van der Waals surface area (Å²) in [6.07, 6.45) is -2.42. The first-order chi connectivity index (χ1) is 8.42. The molecule has 3 N–H and O–H groups in total. The summed E-state index contributed by atoms with van der Waals surface area (Å²) in [6, 6.07) is 0. The maximum atomic E-state index is 12.7. The van der Waals surface area contributed by atoms with Crippen LogP contribution in [0.25, 0.3) is 0 Å². The smallest absolute Gasteiger partial charge is 0.340 e. The second-order valence-corrected chi connectivity index (χ2v) is 3.35. The molecule has 1 heterocycles. The van der Waals surface area contributed by atoms with Gasteiger partial charge >= 0.3 is 12.3 Å². The quantitative estimate of drug-likeness (QED) is 0.466. The molecule has 5 nitrogen and oxygen atoms in total. The first-order valence-corrected chi connectivity index (χ1v) is 5.01. The Balaban J connectivity index is 2.85. The Hall–Kier alpha value is -1.64. The number of nitrogens with one attached hydrogen (secondary N) is 1. The van der Waals surface area contributed by atoms with Crippen molar-refractivity contribution in [3.63, 3.8) is 0 Å². The predicted octanol–water partition coefficient (Wildman–Crippen LogP) is 1.60. The highest BCUT2D eigenvalue weighted by molar-refractivity contribution is 5.47. The molecule has 1 aromatic heterocycles. The largest absolute Gasteiger partial charge is 0.471 e. The number of nitrogens with two attached hydrogens (primary N) is 1. The van der Waals surface area contributed by atoms with Gasteiger partial charge < -0.3 is 10.2 Å². The van der Waals surface area contributed by atoms with Gasteiger partial charge in [0.15, 0.2) is 6.61 Å². The van der Waals surface area contributed by atoms with Crippen LogP contribution in [-0.2, 0) is 6.42 Å². The summed E-state index contributed by atoms with van der Waals surface area (Å²) < 4.78 is 53.9. The first kappa shape index (κ1) is 14.4. The Morgan fingerprint density at radius 1 is 1.44 bits per heavy atom. The highest BCUT2D eigenvalue weighted by Gasteiger charge is 2.42. The average Bonchev–Trinajstić information content (AvgIpc) is 2.35. The van der Waals surface area contributed by atoms with E-state index in [0.717, 1.165) is 6.33 Å². The van der Waals surface area contributed by atoms with Crippen molar-refractivity contribution >= 4 is 5.82 Å². The standard InChI is InChI=1S/C9H12F4N4O/c1-2-5-6(17-14)15-4-16-7(5)18-3-9(12,13)8(10)11/h4,8H,2-3,14H2,1H3,(H,15,16,17). The molecular weight excluding hydrogens is 256 g/mol. The molecule has 0 fully saturated rings. The molecule has 0 bridgehead atoms. The minimum Gasteiger partial charge on any atom is -0.471 e. The van der Waals surface area contributed by atoms with Gasteiger partial charge in [-0.25, -0.2) is 24.6 Å². The van der Waals surface area contributed by atoms with Crippen LogP contribution in [0.3, 0.4) is 0 Å². The minimum absolute atomic E-state index is 0.194. The van der Waals surface area contributed by atoms with E-state index in [4.69, 9.17) is 5.84 Å². The Bertz CT molecular complexity index is 402. The Labute approximate surface area is 100 Å². The monoisotopic (exact) mass is 268 g/mol. The molecule has 0 aliphatic heterocycles. The number of anilines is 1. The number of halogens is 4. The van der Waals surface area contributed by atoms with E-state index in [1.54, 1.807) is 6.92 Å².